The van der Waals surface area contributed by atoms with Crippen LogP contribution in [0.2, 0.25) is 5.02 Å². The van der Waals surface area contributed by atoms with Gasteiger partial charge in [-0.15, -0.1) is 11.3 Å². The predicted molar refractivity (Wildman–Crippen MR) is 85.5 cm³/mol. The lowest BCUT2D eigenvalue weighted by Crippen LogP contribution is -2.19. The minimum Gasteiger partial charge on any atom is -0.353 e. The highest BCUT2D eigenvalue weighted by atomic mass is 35.5. The summed E-state index contributed by atoms with van der Waals surface area (Å²) in [6.07, 6.45) is 4.51. The van der Waals surface area contributed by atoms with E-state index in [9.17, 15) is 0 Å². The fourth-order valence-electron chi connectivity index (χ4n) is 2.11. The van der Waals surface area contributed by atoms with Crippen LogP contribution in [0.3, 0.4) is 0 Å². The van der Waals surface area contributed by atoms with Gasteiger partial charge in [0.15, 0.2) is 0 Å². The van der Waals surface area contributed by atoms with Crippen LogP contribution in [0.1, 0.15) is 23.3 Å². The van der Waals surface area contributed by atoms with E-state index in [1.54, 1.807) is 11.3 Å². The van der Waals surface area contributed by atoms with E-state index in [1.165, 1.54) is 17.7 Å². The zero-order chi connectivity index (χ0) is 13.9. The molecule has 2 aromatic heterocycles. The molecule has 0 atom stereocenters. The van der Waals surface area contributed by atoms with Crippen LogP contribution in [0.5, 0.6) is 0 Å². The van der Waals surface area contributed by atoms with Crippen molar-refractivity contribution in [2.24, 2.45) is 0 Å². The van der Waals surface area contributed by atoms with Gasteiger partial charge in [-0.2, -0.15) is 0 Å². The molecule has 3 rings (SSSR count). The Labute approximate surface area is 128 Å². The van der Waals surface area contributed by atoms with E-state index in [2.05, 4.69) is 32.7 Å². The Morgan fingerprint density at radius 2 is 2.35 bits per heavy atom. The third-order valence-corrected chi connectivity index (χ3v) is 4.52. The third-order valence-electron chi connectivity index (χ3n) is 3.39. The molecule has 0 aromatic carbocycles. The normalized spacial score (nSPS) is 14.5. The summed E-state index contributed by atoms with van der Waals surface area (Å²) in [5.41, 5.74) is 1.15. The minimum atomic E-state index is 0.704. The van der Waals surface area contributed by atoms with Crippen LogP contribution >= 0.6 is 22.9 Å². The maximum atomic E-state index is 6.37. The van der Waals surface area contributed by atoms with Crippen LogP contribution in [0, 0.1) is 0 Å². The molecule has 20 heavy (non-hydrogen) atoms. The molecule has 1 saturated carbocycles. The molecule has 106 valence electrons. The Balaban J connectivity index is 1.66. The average Bonchev–Trinajstić information content (AvgIpc) is 3.13. The Bertz CT molecular complexity index is 567. The molecule has 2 aromatic rings. The van der Waals surface area contributed by atoms with Crippen molar-refractivity contribution in [2.45, 2.75) is 32.0 Å². The van der Waals surface area contributed by atoms with Crippen molar-refractivity contribution in [2.75, 3.05) is 11.9 Å². The first-order valence-electron chi connectivity index (χ1n) is 6.83. The zero-order valence-electron chi connectivity index (χ0n) is 11.5. The third kappa shape index (κ3) is 3.51. The van der Waals surface area contributed by atoms with Crippen molar-refractivity contribution in [1.82, 2.24) is 10.3 Å². The van der Waals surface area contributed by atoms with Crippen molar-refractivity contribution in [3.8, 4) is 0 Å². The van der Waals surface area contributed by atoms with E-state index in [0.717, 1.165) is 29.5 Å². The van der Waals surface area contributed by atoms with E-state index in [1.807, 2.05) is 19.3 Å². The molecule has 0 spiro atoms. The van der Waals surface area contributed by atoms with Crippen LogP contribution in [0.25, 0.3) is 0 Å². The molecule has 3 nitrogen and oxygen atoms in total. The number of nitrogens with one attached hydrogen (secondary N) is 1. The van der Waals surface area contributed by atoms with Gasteiger partial charge in [-0.3, -0.25) is 0 Å². The van der Waals surface area contributed by atoms with Crippen LogP contribution < -0.4 is 10.2 Å². The fourth-order valence-corrected chi connectivity index (χ4v) is 3.20. The number of thiophene rings is 1. The van der Waals surface area contributed by atoms with Gasteiger partial charge in [-0.25, -0.2) is 4.98 Å². The first kappa shape index (κ1) is 13.9. The zero-order valence-corrected chi connectivity index (χ0v) is 13.0. The number of rotatable bonds is 6. The molecule has 0 unspecified atom stereocenters. The minimum absolute atomic E-state index is 0.704. The lowest BCUT2D eigenvalue weighted by molar-refractivity contribution is 0.685. The van der Waals surface area contributed by atoms with Gasteiger partial charge in [0, 0.05) is 30.7 Å². The summed E-state index contributed by atoms with van der Waals surface area (Å²) >= 11 is 8.12. The molecule has 0 bridgehead atoms. The van der Waals surface area contributed by atoms with Crippen molar-refractivity contribution in [3.05, 3.63) is 45.2 Å². The Hall–Kier alpha value is -1.10. The van der Waals surface area contributed by atoms with Gasteiger partial charge < -0.3 is 10.2 Å². The molecule has 1 aliphatic carbocycles. The summed E-state index contributed by atoms with van der Waals surface area (Å²) in [5.74, 6) is 0.843. The van der Waals surface area contributed by atoms with E-state index >= 15 is 0 Å². The molecule has 0 saturated heterocycles. The number of halogens is 1. The van der Waals surface area contributed by atoms with Crippen molar-refractivity contribution >= 4 is 28.8 Å². The highest BCUT2D eigenvalue weighted by molar-refractivity contribution is 7.09. The van der Waals surface area contributed by atoms with E-state index in [0.29, 0.717) is 6.04 Å². The Morgan fingerprint density at radius 3 is 3.00 bits per heavy atom. The molecule has 5 heteroatoms. The van der Waals surface area contributed by atoms with E-state index < -0.39 is 0 Å². The number of anilines is 1. The summed E-state index contributed by atoms with van der Waals surface area (Å²) in [7, 11) is 2.02. The number of aromatic nitrogens is 1. The summed E-state index contributed by atoms with van der Waals surface area (Å²) in [4.78, 5) is 7.92. The maximum Gasteiger partial charge on any atom is 0.147 e. The quantitative estimate of drug-likeness (QED) is 0.882. The average molecular weight is 308 g/mol. The fraction of sp³-hybridized carbons (Fsp3) is 0.400. The second-order valence-corrected chi connectivity index (χ2v) is 6.68. The molecule has 0 aliphatic heterocycles. The molecule has 1 fully saturated rings. The first-order chi connectivity index (χ1) is 9.72. The van der Waals surface area contributed by atoms with Gasteiger partial charge in [-0.05, 0) is 35.9 Å². The van der Waals surface area contributed by atoms with E-state index in [-0.39, 0.29) is 0 Å². The summed E-state index contributed by atoms with van der Waals surface area (Å²) in [6.45, 7) is 1.69. The Kier molecular flexibility index (Phi) is 4.24. The summed E-state index contributed by atoms with van der Waals surface area (Å²) in [6, 6.07) is 6.91. The SMILES string of the molecule is CN(Cc1cccs1)c1ncc(CNC2CC2)cc1Cl. The second-order valence-electron chi connectivity index (χ2n) is 5.24. The number of hydrogen-bond acceptors (Lipinski definition) is 4. The second kappa shape index (κ2) is 6.12. The first-order valence-corrected chi connectivity index (χ1v) is 8.09. The van der Waals surface area contributed by atoms with Crippen LogP contribution in [-0.4, -0.2) is 18.1 Å². The molecular formula is C15H18ClN3S. The van der Waals surface area contributed by atoms with Gasteiger partial charge in [0.25, 0.3) is 0 Å². The van der Waals surface area contributed by atoms with Crippen molar-refractivity contribution < 1.29 is 0 Å². The van der Waals surface area contributed by atoms with Gasteiger partial charge in [0.1, 0.15) is 5.82 Å². The van der Waals surface area contributed by atoms with Crippen molar-refractivity contribution in [1.29, 1.82) is 0 Å². The molecule has 2 heterocycles. The monoisotopic (exact) mass is 307 g/mol. The molecule has 1 N–H and O–H groups in total. The highest BCUT2D eigenvalue weighted by Crippen LogP contribution is 2.26. The largest absolute Gasteiger partial charge is 0.353 e. The van der Waals surface area contributed by atoms with Gasteiger partial charge in [0.05, 0.1) is 11.6 Å². The topological polar surface area (TPSA) is 28.2 Å². The smallest absolute Gasteiger partial charge is 0.147 e. The lowest BCUT2D eigenvalue weighted by atomic mass is 10.2. The number of hydrogen-bond donors (Lipinski definition) is 1. The van der Waals surface area contributed by atoms with Crippen LogP contribution in [0.4, 0.5) is 5.82 Å². The van der Waals surface area contributed by atoms with Crippen LogP contribution in [0.15, 0.2) is 29.8 Å². The Morgan fingerprint density at radius 1 is 1.50 bits per heavy atom. The summed E-state index contributed by atoms with van der Waals surface area (Å²) in [5, 5.41) is 6.28. The van der Waals surface area contributed by atoms with Gasteiger partial charge >= 0.3 is 0 Å². The highest BCUT2D eigenvalue weighted by Gasteiger charge is 2.20. The van der Waals surface area contributed by atoms with Gasteiger partial charge in [0.2, 0.25) is 0 Å². The summed E-state index contributed by atoms with van der Waals surface area (Å²) < 4.78 is 0. The number of pyridine rings is 1. The number of nitrogens with zero attached hydrogens (tertiary/aromatic N) is 2. The predicted octanol–water partition coefficient (Wildman–Crippen LogP) is 3.68. The standard InChI is InChI=1S/C15H18ClN3S/c1-19(10-13-3-2-6-20-13)15-14(16)7-11(9-18-15)8-17-12-4-5-12/h2-3,6-7,9,12,17H,4-5,8,10H2,1H3. The lowest BCUT2D eigenvalue weighted by Gasteiger charge is -2.19. The maximum absolute atomic E-state index is 6.37. The molecule has 1 aliphatic rings. The molecule has 0 amide bonds. The van der Waals surface area contributed by atoms with E-state index in [4.69, 9.17) is 11.6 Å². The van der Waals surface area contributed by atoms with Crippen LogP contribution in [-0.2, 0) is 13.1 Å². The molecule has 0 radical (unpaired) electrons. The van der Waals surface area contributed by atoms with Crippen molar-refractivity contribution in [3.63, 3.8) is 0 Å². The van der Waals surface area contributed by atoms with Gasteiger partial charge in [-0.1, -0.05) is 17.7 Å². The molecular weight excluding hydrogens is 290 g/mol.